The van der Waals surface area contributed by atoms with Gasteiger partial charge in [0.05, 0.1) is 12.7 Å². The van der Waals surface area contributed by atoms with Crippen LogP contribution in [0.1, 0.15) is 57.6 Å². The normalized spacial score (nSPS) is 17.6. The summed E-state index contributed by atoms with van der Waals surface area (Å²) in [6.07, 6.45) is 1.46. The van der Waals surface area contributed by atoms with Crippen LogP contribution in [0.5, 0.6) is 0 Å². The van der Waals surface area contributed by atoms with Crippen LogP contribution in [0, 0.1) is 12.8 Å². The number of carbonyl (C=O) groups is 2. The zero-order chi connectivity index (χ0) is 27.2. The van der Waals surface area contributed by atoms with E-state index in [0.29, 0.717) is 37.5 Å². The van der Waals surface area contributed by atoms with Crippen molar-refractivity contribution < 1.29 is 24.2 Å². The first kappa shape index (κ1) is 28.8. The number of aliphatic hydroxyl groups is 1. The Kier molecular flexibility index (Phi) is 9.48. The van der Waals surface area contributed by atoms with E-state index in [0.717, 1.165) is 35.1 Å². The average Bonchev–Trinajstić information content (AvgIpc) is 2.87. The van der Waals surface area contributed by atoms with Gasteiger partial charge < -0.3 is 24.8 Å². The number of ether oxygens (including phenoxy) is 2. The Hall–Kier alpha value is -2.77. The summed E-state index contributed by atoms with van der Waals surface area (Å²) in [4.78, 5) is 26.2. The van der Waals surface area contributed by atoms with Gasteiger partial charge in [-0.3, -0.25) is 0 Å². The second-order valence-corrected chi connectivity index (χ2v) is 11.1. The van der Waals surface area contributed by atoms with Gasteiger partial charge in [-0.05, 0) is 76.1 Å². The second-order valence-electron chi connectivity index (χ2n) is 10.7. The van der Waals surface area contributed by atoms with Crippen molar-refractivity contribution in [3.63, 3.8) is 0 Å². The number of nitrogens with one attached hydrogen (secondary N) is 1. The highest BCUT2D eigenvalue weighted by Gasteiger charge is 2.44. The van der Waals surface area contributed by atoms with Gasteiger partial charge in [0.15, 0.2) is 0 Å². The third-order valence-electron chi connectivity index (χ3n) is 6.80. The van der Waals surface area contributed by atoms with Gasteiger partial charge in [0, 0.05) is 36.1 Å². The number of hydrogen-bond acceptors (Lipinski definition) is 5. The highest BCUT2D eigenvalue weighted by molar-refractivity contribution is 6.33. The number of rotatable bonds is 7. The van der Waals surface area contributed by atoms with E-state index < -0.39 is 17.3 Å². The fraction of sp³-hybridized carbons (Fsp3) is 0.517. The number of nitrogens with zero attached hydrogens (tertiary/aromatic N) is 1. The number of carbonyl (C=O) groups excluding carboxylic acids is 2. The predicted octanol–water partition coefficient (Wildman–Crippen LogP) is 6.29. The van der Waals surface area contributed by atoms with Crippen molar-refractivity contribution >= 4 is 23.8 Å². The molecule has 37 heavy (non-hydrogen) atoms. The number of methoxy groups -OCH3 is 1. The first-order chi connectivity index (χ1) is 17.5. The van der Waals surface area contributed by atoms with Crippen LogP contribution < -0.4 is 5.32 Å². The quantitative estimate of drug-likeness (QED) is 0.411. The van der Waals surface area contributed by atoms with Gasteiger partial charge in [-0.15, -0.1) is 0 Å². The van der Waals surface area contributed by atoms with Gasteiger partial charge in [-0.2, -0.15) is 0 Å². The molecule has 202 valence electrons. The van der Waals surface area contributed by atoms with Crippen LogP contribution in [0.4, 0.5) is 9.59 Å². The highest BCUT2D eigenvalue weighted by atomic mass is 35.5. The maximum atomic E-state index is 12.9. The Balaban J connectivity index is 2.03. The summed E-state index contributed by atoms with van der Waals surface area (Å²) in [5.74, 6) is -0.258. The van der Waals surface area contributed by atoms with Crippen LogP contribution in [-0.4, -0.2) is 54.5 Å². The zero-order valence-corrected chi connectivity index (χ0v) is 23.2. The fourth-order valence-electron chi connectivity index (χ4n) is 5.14. The fourth-order valence-corrected chi connectivity index (χ4v) is 5.41. The smallest absolute Gasteiger partial charge is 0.410 e. The van der Waals surface area contributed by atoms with E-state index in [2.05, 4.69) is 10.1 Å². The summed E-state index contributed by atoms with van der Waals surface area (Å²) >= 11 is 6.79. The third kappa shape index (κ3) is 7.17. The van der Waals surface area contributed by atoms with Crippen LogP contribution in [-0.2, 0) is 15.1 Å². The van der Waals surface area contributed by atoms with Crippen molar-refractivity contribution in [2.24, 2.45) is 5.92 Å². The van der Waals surface area contributed by atoms with Gasteiger partial charge in [-0.25, -0.2) is 9.59 Å². The molecule has 0 spiro atoms. The molecule has 2 N–H and O–H groups in total. The van der Waals surface area contributed by atoms with E-state index in [-0.39, 0.29) is 12.0 Å². The van der Waals surface area contributed by atoms with Crippen molar-refractivity contribution in [3.05, 3.63) is 58.6 Å². The molecule has 0 bridgehead atoms. The minimum absolute atomic E-state index is 0.258. The lowest BCUT2D eigenvalue weighted by Gasteiger charge is -2.44. The maximum absolute atomic E-state index is 12.9. The predicted molar refractivity (Wildman–Crippen MR) is 146 cm³/mol. The molecule has 2 atom stereocenters. The standard InChI is InChI=1S/C29H39ClN2O5/c1-20-14-15-23(30)24(21-11-7-6-8-12-21)25(20)29(35,16-10-17-31-26(33)36-5)22-13-9-18-32(19-22)27(34)37-28(2,3)4/h6-8,11-12,14-15,22,35H,9-10,13,16-19H2,1-5H3,(H,31,33)/t22-,29+/m1/s1. The Morgan fingerprint density at radius 3 is 2.51 bits per heavy atom. The Morgan fingerprint density at radius 2 is 1.86 bits per heavy atom. The molecule has 1 aliphatic rings. The molecule has 2 aromatic rings. The molecule has 0 saturated carbocycles. The number of amides is 2. The molecule has 2 amide bonds. The summed E-state index contributed by atoms with van der Waals surface area (Å²) in [6, 6.07) is 13.6. The van der Waals surface area contributed by atoms with Gasteiger partial charge in [-0.1, -0.05) is 48.0 Å². The lowest BCUT2D eigenvalue weighted by atomic mass is 9.71. The van der Waals surface area contributed by atoms with E-state index >= 15 is 0 Å². The third-order valence-corrected chi connectivity index (χ3v) is 7.11. The van der Waals surface area contributed by atoms with Crippen molar-refractivity contribution in [1.29, 1.82) is 0 Å². The van der Waals surface area contributed by atoms with E-state index in [1.165, 1.54) is 7.11 Å². The van der Waals surface area contributed by atoms with Gasteiger partial charge in [0.1, 0.15) is 5.60 Å². The summed E-state index contributed by atoms with van der Waals surface area (Å²) in [5.41, 5.74) is 1.47. The van der Waals surface area contributed by atoms with E-state index in [9.17, 15) is 14.7 Å². The number of halogens is 1. The maximum Gasteiger partial charge on any atom is 0.410 e. The topological polar surface area (TPSA) is 88.1 Å². The largest absolute Gasteiger partial charge is 0.453 e. The minimum atomic E-state index is -1.31. The van der Waals surface area contributed by atoms with Crippen LogP contribution in [0.3, 0.4) is 0 Å². The van der Waals surface area contributed by atoms with E-state index in [1.807, 2.05) is 70.2 Å². The van der Waals surface area contributed by atoms with Crippen molar-refractivity contribution in [3.8, 4) is 11.1 Å². The van der Waals surface area contributed by atoms with Gasteiger partial charge in [0.25, 0.3) is 0 Å². The molecule has 1 aliphatic heterocycles. The number of aryl methyl sites for hydroxylation is 1. The van der Waals surface area contributed by atoms with Crippen molar-refractivity contribution in [2.45, 2.75) is 64.6 Å². The molecular formula is C29H39ClN2O5. The lowest BCUT2D eigenvalue weighted by molar-refractivity contribution is -0.0632. The van der Waals surface area contributed by atoms with Crippen LogP contribution in [0.25, 0.3) is 11.1 Å². The lowest BCUT2D eigenvalue weighted by Crippen LogP contribution is -2.49. The van der Waals surface area contributed by atoms with E-state index in [4.69, 9.17) is 16.3 Å². The number of hydrogen-bond donors (Lipinski definition) is 2. The molecule has 0 aromatic heterocycles. The molecule has 1 fully saturated rings. The highest BCUT2D eigenvalue weighted by Crippen LogP contribution is 2.47. The molecule has 3 rings (SSSR count). The molecule has 1 saturated heterocycles. The number of piperidine rings is 1. The Bertz CT molecular complexity index is 1090. The van der Waals surface area contributed by atoms with Gasteiger partial charge in [0.2, 0.25) is 0 Å². The minimum Gasteiger partial charge on any atom is -0.453 e. The molecular weight excluding hydrogens is 492 g/mol. The molecule has 0 aliphatic carbocycles. The monoisotopic (exact) mass is 530 g/mol. The van der Waals surface area contributed by atoms with E-state index in [1.54, 1.807) is 4.90 Å². The summed E-state index contributed by atoms with van der Waals surface area (Å²) < 4.78 is 10.3. The first-order valence-corrected chi connectivity index (χ1v) is 13.2. The molecule has 0 radical (unpaired) electrons. The molecule has 8 heteroatoms. The second kappa shape index (κ2) is 12.2. The molecule has 0 unspecified atom stereocenters. The number of likely N-dealkylation sites (tertiary alicyclic amines) is 1. The van der Waals surface area contributed by atoms with Gasteiger partial charge >= 0.3 is 12.2 Å². The van der Waals surface area contributed by atoms with Crippen LogP contribution >= 0.6 is 11.6 Å². The molecule has 1 heterocycles. The first-order valence-electron chi connectivity index (χ1n) is 12.8. The number of alkyl carbamates (subject to hydrolysis) is 1. The van der Waals surface area contributed by atoms with Crippen molar-refractivity contribution in [1.82, 2.24) is 10.2 Å². The summed E-state index contributed by atoms with van der Waals surface area (Å²) in [5, 5.41) is 15.9. The average molecular weight is 531 g/mol. The Labute approximate surface area is 225 Å². The molecule has 2 aromatic carbocycles. The Morgan fingerprint density at radius 1 is 1.16 bits per heavy atom. The van der Waals surface area contributed by atoms with Crippen LogP contribution in [0.15, 0.2) is 42.5 Å². The van der Waals surface area contributed by atoms with Crippen LogP contribution in [0.2, 0.25) is 5.02 Å². The van der Waals surface area contributed by atoms with Crippen molar-refractivity contribution in [2.75, 3.05) is 26.7 Å². The summed E-state index contributed by atoms with van der Waals surface area (Å²) in [7, 11) is 1.32. The zero-order valence-electron chi connectivity index (χ0n) is 22.5. The summed E-state index contributed by atoms with van der Waals surface area (Å²) in [6.45, 7) is 8.79. The molecule has 7 nitrogen and oxygen atoms in total. The number of benzene rings is 2. The SMILES string of the molecule is COC(=O)NCCC[C@@](O)(c1c(C)ccc(Cl)c1-c1ccccc1)[C@@H]1CCCN(C(=O)OC(C)(C)C)C1.